The van der Waals surface area contributed by atoms with Gasteiger partial charge in [-0.1, -0.05) is 47.5 Å². The minimum absolute atomic E-state index is 0.0795. The highest BCUT2D eigenvalue weighted by atomic mass is 35.5. The maximum absolute atomic E-state index is 13.7. The Labute approximate surface area is 152 Å². The van der Waals surface area contributed by atoms with E-state index in [1.165, 1.54) is 12.1 Å². The Balaban J connectivity index is 1.84. The third-order valence-corrected chi connectivity index (χ3v) is 5.04. The second kappa shape index (κ2) is 6.97. The summed E-state index contributed by atoms with van der Waals surface area (Å²) in [6.07, 6.45) is 1.38. The topological polar surface area (TPSA) is 37.4 Å². The molecule has 0 spiro atoms. The zero-order valence-electron chi connectivity index (χ0n) is 12.1. The molecular formula is C17H10Cl2FNO2S. The van der Waals surface area contributed by atoms with Gasteiger partial charge in [-0.25, -0.2) is 4.39 Å². The lowest BCUT2D eigenvalue weighted by molar-refractivity contribution is -0.123. The van der Waals surface area contributed by atoms with Crippen molar-refractivity contribution in [2.24, 2.45) is 0 Å². The summed E-state index contributed by atoms with van der Waals surface area (Å²) >= 11 is 12.6. The fourth-order valence-corrected chi connectivity index (χ4v) is 3.34. The van der Waals surface area contributed by atoms with Crippen molar-refractivity contribution in [3.63, 3.8) is 0 Å². The first kappa shape index (κ1) is 17.0. The summed E-state index contributed by atoms with van der Waals surface area (Å²) in [6.45, 7) is 0.0795. The lowest BCUT2D eigenvalue weighted by Gasteiger charge is -2.12. The van der Waals surface area contributed by atoms with Crippen molar-refractivity contribution in [2.45, 2.75) is 6.54 Å². The van der Waals surface area contributed by atoms with Crippen LogP contribution in [0.4, 0.5) is 9.18 Å². The van der Waals surface area contributed by atoms with Crippen LogP contribution in [0.1, 0.15) is 11.1 Å². The van der Waals surface area contributed by atoms with E-state index in [4.69, 9.17) is 23.2 Å². The second-order valence-corrected chi connectivity index (χ2v) is 6.85. The molecule has 0 atom stereocenters. The van der Waals surface area contributed by atoms with E-state index < -0.39 is 17.0 Å². The van der Waals surface area contributed by atoms with Crippen LogP contribution >= 0.6 is 35.0 Å². The molecule has 1 aliphatic heterocycles. The molecule has 1 heterocycles. The van der Waals surface area contributed by atoms with Gasteiger partial charge < -0.3 is 0 Å². The van der Waals surface area contributed by atoms with Gasteiger partial charge in [0.05, 0.1) is 21.5 Å². The number of hydrogen-bond donors (Lipinski definition) is 0. The zero-order valence-corrected chi connectivity index (χ0v) is 14.5. The highest BCUT2D eigenvalue weighted by molar-refractivity contribution is 8.18. The monoisotopic (exact) mass is 381 g/mol. The Hall–Kier alpha value is -1.82. The molecule has 122 valence electrons. The van der Waals surface area contributed by atoms with Gasteiger partial charge in [-0.3, -0.25) is 14.5 Å². The standard InChI is InChI=1S/C17H10Cl2FNO2S/c18-12-6-5-10(7-13(12)19)9-21-16(22)15(24-17(21)23)8-11-3-1-2-4-14(11)20/h1-8H,9H2/b15-8-. The van der Waals surface area contributed by atoms with E-state index >= 15 is 0 Å². The largest absolute Gasteiger partial charge is 0.293 e. The number of amides is 2. The summed E-state index contributed by atoms with van der Waals surface area (Å²) in [5.41, 5.74) is 0.941. The number of halogens is 3. The van der Waals surface area contributed by atoms with Gasteiger partial charge in [0.15, 0.2) is 0 Å². The molecule has 3 rings (SSSR count). The van der Waals surface area contributed by atoms with Crippen LogP contribution in [0.25, 0.3) is 6.08 Å². The second-order valence-electron chi connectivity index (χ2n) is 5.04. The molecule has 7 heteroatoms. The van der Waals surface area contributed by atoms with Gasteiger partial charge in [0, 0.05) is 5.56 Å². The first-order valence-electron chi connectivity index (χ1n) is 6.89. The van der Waals surface area contributed by atoms with E-state index in [1.807, 2.05) is 0 Å². The number of carbonyl (C=O) groups excluding carboxylic acids is 2. The Morgan fingerprint density at radius 2 is 1.83 bits per heavy atom. The van der Waals surface area contributed by atoms with E-state index in [9.17, 15) is 14.0 Å². The Kier molecular flexibility index (Phi) is 4.94. The van der Waals surface area contributed by atoms with Gasteiger partial charge in [0.1, 0.15) is 5.82 Å². The SMILES string of the molecule is O=C1S/C(=C\c2ccccc2F)C(=O)N1Cc1ccc(Cl)c(Cl)c1. The highest BCUT2D eigenvalue weighted by Gasteiger charge is 2.35. The van der Waals surface area contributed by atoms with Crippen molar-refractivity contribution in [2.75, 3.05) is 0 Å². The molecule has 0 aromatic heterocycles. The summed E-state index contributed by atoms with van der Waals surface area (Å²) in [6, 6.07) is 11.0. The molecule has 0 aliphatic carbocycles. The lowest BCUT2D eigenvalue weighted by atomic mass is 10.2. The van der Waals surface area contributed by atoms with E-state index in [1.54, 1.807) is 36.4 Å². The van der Waals surface area contributed by atoms with Gasteiger partial charge in [0.2, 0.25) is 0 Å². The quantitative estimate of drug-likeness (QED) is 0.670. The van der Waals surface area contributed by atoms with Crippen LogP contribution in [0, 0.1) is 5.82 Å². The molecule has 1 aliphatic rings. The third kappa shape index (κ3) is 3.48. The van der Waals surface area contributed by atoms with Gasteiger partial charge in [-0.2, -0.15) is 0 Å². The molecule has 1 saturated heterocycles. The first-order valence-corrected chi connectivity index (χ1v) is 8.47. The molecule has 0 saturated carbocycles. The van der Waals surface area contributed by atoms with Gasteiger partial charge in [0.25, 0.3) is 11.1 Å². The third-order valence-electron chi connectivity index (χ3n) is 3.39. The molecule has 0 N–H and O–H groups in total. The molecule has 0 bridgehead atoms. The number of thioether (sulfide) groups is 1. The van der Waals surface area contributed by atoms with E-state index in [-0.39, 0.29) is 17.0 Å². The number of rotatable bonds is 3. The lowest BCUT2D eigenvalue weighted by Crippen LogP contribution is -2.27. The molecule has 2 aromatic rings. The Bertz CT molecular complexity index is 869. The summed E-state index contributed by atoms with van der Waals surface area (Å²) in [4.78, 5) is 25.8. The van der Waals surface area contributed by atoms with Gasteiger partial charge in [-0.05, 0) is 41.6 Å². The van der Waals surface area contributed by atoms with Crippen molar-refractivity contribution in [3.8, 4) is 0 Å². The zero-order chi connectivity index (χ0) is 17.3. The summed E-state index contributed by atoms with van der Waals surface area (Å²) in [5.74, 6) is -0.909. The van der Waals surface area contributed by atoms with Crippen molar-refractivity contribution >= 4 is 52.2 Å². The van der Waals surface area contributed by atoms with E-state index in [2.05, 4.69) is 0 Å². The Morgan fingerprint density at radius 1 is 1.08 bits per heavy atom. The molecule has 0 unspecified atom stereocenters. The van der Waals surface area contributed by atoms with Crippen molar-refractivity contribution < 1.29 is 14.0 Å². The fourth-order valence-electron chi connectivity index (χ4n) is 2.19. The summed E-state index contributed by atoms with van der Waals surface area (Å²) < 4.78 is 13.7. The fraction of sp³-hybridized carbons (Fsp3) is 0.0588. The van der Waals surface area contributed by atoms with E-state index in [0.717, 1.165) is 16.7 Å². The predicted molar refractivity (Wildman–Crippen MR) is 94.4 cm³/mol. The average molecular weight is 382 g/mol. The number of carbonyl (C=O) groups is 2. The molecule has 2 amide bonds. The Morgan fingerprint density at radius 3 is 2.54 bits per heavy atom. The van der Waals surface area contributed by atoms with Gasteiger partial charge in [-0.15, -0.1) is 0 Å². The molecular weight excluding hydrogens is 372 g/mol. The van der Waals surface area contributed by atoms with Crippen LogP contribution in [-0.4, -0.2) is 16.0 Å². The first-order chi connectivity index (χ1) is 11.5. The maximum atomic E-state index is 13.7. The molecule has 1 fully saturated rings. The summed E-state index contributed by atoms with van der Waals surface area (Å²) in [5, 5.41) is 0.339. The van der Waals surface area contributed by atoms with Crippen LogP contribution in [0.2, 0.25) is 10.0 Å². The number of benzene rings is 2. The maximum Gasteiger partial charge on any atom is 0.293 e. The predicted octanol–water partition coefficient (Wildman–Crippen LogP) is 5.37. The average Bonchev–Trinajstić information content (AvgIpc) is 2.81. The summed E-state index contributed by atoms with van der Waals surface area (Å²) in [7, 11) is 0. The minimum atomic E-state index is -0.459. The number of imide groups is 1. The van der Waals surface area contributed by atoms with Gasteiger partial charge >= 0.3 is 0 Å². The molecule has 3 nitrogen and oxygen atoms in total. The molecule has 2 aromatic carbocycles. The molecule has 0 radical (unpaired) electrons. The van der Waals surface area contributed by atoms with Crippen molar-refractivity contribution in [3.05, 3.63) is 74.4 Å². The van der Waals surface area contributed by atoms with Crippen LogP contribution in [-0.2, 0) is 11.3 Å². The number of hydrogen-bond acceptors (Lipinski definition) is 3. The molecule has 24 heavy (non-hydrogen) atoms. The normalized spacial score (nSPS) is 16.3. The minimum Gasteiger partial charge on any atom is -0.268 e. The van der Waals surface area contributed by atoms with Crippen LogP contribution in [0.5, 0.6) is 0 Å². The smallest absolute Gasteiger partial charge is 0.268 e. The number of nitrogens with zero attached hydrogens (tertiary/aromatic N) is 1. The van der Waals surface area contributed by atoms with Crippen LogP contribution in [0.3, 0.4) is 0 Å². The van der Waals surface area contributed by atoms with Crippen molar-refractivity contribution in [1.82, 2.24) is 4.90 Å². The van der Waals surface area contributed by atoms with Crippen LogP contribution < -0.4 is 0 Å². The van der Waals surface area contributed by atoms with Crippen molar-refractivity contribution in [1.29, 1.82) is 0 Å². The van der Waals surface area contributed by atoms with Crippen LogP contribution in [0.15, 0.2) is 47.4 Å². The van der Waals surface area contributed by atoms with E-state index in [0.29, 0.717) is 15.6 Å². The highest BCUT2D eigenvalue weighted by Crippen LogP contribution is 2.34.